The lowest BCUT2D eigenvalue weighted by Gasteiger charge is -2.04. The van der Waals surface area contributed by atoms with Crippen LogP contribution in [-0.2, 0) is 0 Å². The lowest BCUT2D eigenvalue weighted by atomic mass is 10.0. The van der Waals surface area contributed by atoms with Gasteiger partial charge in [0, 0.05) is 0 Å². The van der Waals surface area contributed by atoms with Crippen molar-refractivity contribution in [3.63, 3.8) is 0 Å². The average molecular weight is 298 g/mol. The molecule has 2 aromatic carbocycles. The molecule has 118 valence electrons. The average Bonchev–Trinajstić information content (AvgIpc) is 2.48. The van der Waals surface area contributed by atoms with Gasteiger partial charge in [0.15, 0.2) is 0 Å². The standard InChI is InChI=1S/C10H12O2.C10H14/c1-7(2)8-3-5-9(6-4-8)10(11)12;1-8(2)10-6-4-9(3)5-7-10/h3-7H,1-2H3,(H,11,12);4-8H,1-3H3. The van der Waals surface area contributed by atoms with Gasteiger partial charge in [-0.2, -0.15) is 0 Å². The number of aryl methyl sites for hydroxylation is 1. The molecule has 0 radical (unpaired) electrons. The van der Waals surface area contributed by atoms with Crippen LogP contribution in [0.5, 0.6) is 0 Å². The van der Waals surface area contributed by atoms with Crippen molar-refractivity contribution in [3.05, 3.63) is 70.8 Å². The summed E-state index contributed by atoms with van der Waals surface area (Å²) < 4.78 is 0. The van der Waals surface area contributed by atoms with Gasteiger partial charge in [-0.25, -0.2) is 4.79 Å². The first-order valence-electron chi connectivity index (χ1n) is 7.71. The molecule has 0 saturated heterocycles. The van der Waals surface area contributed by atoms with E-state index >= 15 is 0 Å². The molecule has 22 heavy (non-hydrogen) atoms. The van der Waals surface area contributed by atoms with E-state index in [0.717, 1.165) is 0 Å². The van der Waals surface area contributed by atoms with Gasteiger partial charge in [0.1, 0.15) is 0 Å². The van der Waals surface area contributed by atoms with Gasteiger partial charge < -0.3 is 5.11 Å². The van der Waals surface area contributed by atoms with Crippen LogP contribution in [0.25, 0.3) is 0 Å². The van der Waals surface area contributed by atoms with Crippen LogP contribution in [0.1, 0.15) is 66.6 Å². The van der Waals surface area contributed by atoms with E-state index in [1.807, 2.05) is 12.1 Å². The third-order valence-electron chi connectivity index (χ3n) is 3.57. The Balaban J connectivity index is 0.000000224. The van der Waals surface area contributed by atoms with E-state index in [4.69, 9.17) is 5.11 Å². The number of rotatable bonds is 3. The summed E-state index contributed by atoms with van der Waals surface area (Å²) in [5.41, 5.74) is 4.27. The molecule has 1 N–H and O–H groups in total. The van der Waals surface area contributed by atoms with Gasteiger partial charge in [-0.15, -0.1) is 0 Å². The molecule has 0 saturated carbocycles. The summed E-state index contributed by atoms with van der Waals surface area (Å²) in [5, 5.41) is 8.61. The Morgan fingerprint density at radius 3 is 1.45 bits per heavy atom. The largest absolute Gasteiger partial charge is 0.478 e. The van der Waals surface area contributed by atoms with Crippen LogP contribution in [-0.4, -0.2) is 11.1 Å². The van der Waals surface area contributed by atoms with E-state index < -0.39 is 5.97 Å². The van der Waals surface area contributed by atoms with Crippen molar-refractivity contribution in [2.75, 3.05) is 0 Å². The van der Waals surface area contributed by atoms with Crippen LogP contribution < -0.4 is 0 Å². The fraction of sp³-hybridized carbons (Fsp3) is 0.350. The van der Waals surface area contributed by atoms with Gasteiger partial charge in [0.05, 0.1) is 5.56 Å². The first-order valence-corrected chi connectivity index (χ1v) is 7.71. The van der Waals surface area contributed by atoms with Crippen molar-refractivity contribution >= 4 is 5.97 Å². The van der Waals surface area contributed by atoms with Gasteiger partial charge in [-0.05, 0) is 42.0 Å². The minimum atomic E-state index is -0.870. The minimum absolute atomic E-state index is 0.347. The molecular weight excluding hydrogens is 272 g/mol. The molecule has 2 nitrogen and oxygen atoms in total. The Morgan fingerprint density at radius 1 is 0.773 bits per heavy atom. The number of aromatic carboxylic acids is 1. The number of benzene rings is 2. The van der Waals surface area contributed by atoms with Crippen molar-refractivity contribution in [3.8, 4) is 0 Å². The predicted molar refractivity (Wildman–Crippen MR) is 92.8 cm³/mol. The molecule has 0 aliphatic rings. The lowest BCUT2D eigenvalue weighted by molar-refractivity contribution is 0.0697. The van der Waals surface area contributed by atoms with E-state index in [1.165, 1.54) is 16.7 Å². The lowest BCUT2D eigenvalue weighted by Crippen LogP contribution is -1.96. The number of hydrogen-bond acceptors (Lipinski definition) is 1. The summed E-state index contributed by atoms with van der Waals surface area (Å²) >= 11 is 0. The van der Waals surface area contributed by atoms with Crippen LogP contribution in [0.2, 0.25) is 0 Å². The molecule has 0 atom stereocenters. The Labute approximate surface area is 133 Å². The second kappa shape index (κ2) is 8.38. The second-order valence-corrected chi connectivity index (χ2v) is 6.15. The van der Waals surface area contributed by atoms with E-state index in [1.54, 1.807) is 12.1 Å². The highest BCUT2D eigenvalue weighted by Gasteiger charge is 2.02. The highest BCUT2D eigenvalue weighted by Crippen LogP contribution is 2.14. The smallest absolute Gasteiger partial charge is 0.335 e. The third kappa shape index (κ3) is 5.72. The minimum Gasteiger partial charge on any atom is -0.478 e. The van der Waals surface area contributed by atoms with Crippen molar-refractivity contribution in [2.45, 2.75) is 46.5 Å². The molecule has 2 rings (SSSR count). The van der Waals surface area contributed by atoms with Crippen LogP contribution in [0.15, 0.2) is 48.5 Å². The van der Waals surface area contributed by atoms with Crippen LogP contribution >= 0.6 is 0 Å². The molecular formula is C20H26O2. The molecule has 0 heterocycles. The van der Waals surface area contributed by atoms with Crippen molar-refractivity contribution in [2.24, 2.45) is 0 Å². The summed E-state index contributed by atoms with van der Waals surface area (Å²) in [6.07, 6.45) is 0. The Kier molecular flexibility index (Phi) is 6.84. The van der Waals surface area contributed by atoms with E-state index in [-0.39, 0.29) is 0 Å². The number of carboxylic acids is 1. The van der Waals surface area contributed by atoms with Gasteiger partial charge in [0.2, 0.25) is 0 Å². The molecule has 0 aromatic heterocycles. The van der Waals surface area contributed by atoms with Crippen LogP contribution in [0.3, 0.4) is 0 Å². The number of hydrogen-bond donors (Lipinski definition) is 1. The zero-order chi connectivity index (χ0) is 16.7. The summed E-state index contributed by atoms with van der Waals surface area (Å²) in [5.74, 6) is 0.235. The Hall–Kier alpha value is -2.09. The molecule has 0 bridgehead atoms. The fourth-order valence-corrected chi connectivity index (χ4v) is 1.96. The summed E-state index contributed by atoms with van der Waals surface area (Å²) in [6, 6.07) is 15.7. The highest BCUT2D eigenvalue weighted by molar-refractivity contribution is 5.87. The second-order valence-electron chi connectivity index (χ2n) is 6.15. The fourth-order valence-electron chi connectivity index (χ4n) is 1.96. The van der Waals surface area contributed by atoms with Gasteiger partial charge in [0.25, 0.3) is 0 Å². The Morgan fingerprint density at radius 2 is 1.14 bits per heavy atom. The summed E-state index contributed by atoms with van der Waals surface area (Å²) in [6.45, 7) is 10.7. The van der Waals surface area contributed by atoms with E-state index in [0.29, 0.717) is 17.4 Å². The SMILES string of the molecule is CC(C)c1ccc(C(=O)O)cc1.Cc1ccc(C(C)C)cc1. The topological polar surface area (TPSA) is 37.3 Å². The zero-order valence-corrected chi connectivity index (χ0v) is 14.1. The maximum Gasteiger partial charge on any atom is 0.335 e. The highest BCUT2D eigenvalue weighted by atomic mass is 16.4. The maximum absolute atomic E-state index is 10.5. The van der Waals surface area contributed by atoms with Crippen LogP contribution in [0, 0.1) is 6.92 Å². The van der Waals surface area contributed by atoms with E-state index in [9.17, 15) is 4.79 Å². The predicted octanol–water partition coefficient (Wildman–Crippen LogP) is 5.63. The number of carboxylic acid groups (broad SMARTS) is 1. The molecule has 2 aromatic rings. The third-order valence-corrected chi connectivity index (χ3v) is 3.57. The molecule has 0 aliphatic heterocycles. The number of carbonyl (C=O) groups is 1. The monoisotopic (exact) mass is 298 g/mol. The van der Waals surface area contributed by atoms with Crippen molar-refractivity contribution in [1.29, 1.82) is 0 Å². The molecule has 2 heteroatoms. The van der Waals surface area contributed by atoms with Gasteiger partial charge in [-0.3, -0.25) is 0 Å². The molecule has 0 unspecified atom stereocenters. The van der Waals surface area contributed by atoms with Crippen molar-refractivity contribution < 1.29 is 9.90 Å². The quantitative estimate of drug-likeness (QED) is 0.797. The van der Waals surface area contributed by atoms with Gasteiger partial charge >= 0.3 is 5.97 Å². The molecule has 0 spiro atoms. The van der Waals surface area contributed by atoms with Gasteiger partial charge in [-0.1, -0.05) is 69.7 Å². The zero-order valence-electron chi connectivity index (χ0n) is 14.1. The van der Waals surface area contributed by atoms with Crippen molar-refractivity contribution in [1.82, 2.24) is 0 Å². The van der Waals surface area contributed by atoms with Crippen LogP contribution in [0.4, 0.5) is 0 Å². The normalized spacial score (nSPS) is 10.3. The Bertz CT molecular complexity index is 578. The molecule has 0 amide bonds. The first kappa shape index (κ1) is 18.0. The summed E-state index contributed by atoms with van der Waals surface area (Å²) in [7, 11) is 0. The molecule has 0 aliphatic carbocycles. The summed E-state index contributed by atoms with van der Waals surface area (Å²) in [4.78, 5) is 10.5. The molecule has 0 fully saturated rings. The maximum atomic E-state index is 10.5. The first-order chi connectivity index (χ1) is 10.3. The van der Waals surface area contributed by atoms with E-state index in [2.05, 4.69) is 58.9 Å².